The molecule has 1 aliphatic rings. The van der Waals surface area contributed by atoms with Crippen molar-refractivity contribution >= 4 is 17.5 Å². The zero-order valence-electron chi connectivity index (χ0n) is 9.87. The summed E-state index contributed by atoms with van der Waals surface area (Å²) in [6, 6.07) is 7.55. The van der Waals surface area contributed by atoms with Crippen LogP contribution in [0.25, 0.3) is 0 Å². The summed E-state index contributed by atoms with van der Waals surface area (Å²) < 4.78 is 0. The summed E-state index contributed by atoms with van der Waals surface area (Å²) in [5.41, 5.74) is 1.07. The van der Waals surface area contributed by atoms with E-state index in [2.05, 4.69) is 10.6 Å². The van der Waals surface area contributed by atoms with E-state index < -0.39 is 0 Å². The molecule has 1 aromatic carbocycles. The fourth-order valence-corrected chi connectivity index (χ4v) is 2.18. The lowest BCUT2D eigenvalue weighted by Crippen LogP contribution is -2.41. The molecule has 2 atom stereocenters. The molecule has 0 aromatic heterocycles. The Hall–Kier alpha value is -1.06. The van der Waals surface area contributed by atoms with Crippen molar-refractivity contribution in [3.63, 3.8) is 0 Å². The zero-order valence-corrected chi connectivity index (χ0v) is 10.6. The maximum Gasteiger partial charge on any atom is 0.237 e. The molecule has 3 nitrogen and oxygen atoms in total. The van der Waals surface area contributed by atoms with Crippen molar-refractivity contribution in [2.24, 2.45) is 0 Å². The fourth-order valence-electron chi connectivity index (χ4n) is 2.06. The van der Waals surface area contributed by atoms with E-state index in [9.17, 15) is 4.79 Å². The number of hydrogen-bond donors (Lipinski definition) is 2. The molecule has 0 aliphatic carbocycles. The summed E-state index contributed by atoms with van der Waals surface area (Å²) in [7, 11) is 0. The first-order valence-electron chi connectivity index (χ1n) is 5.96. The van der Waals surface area contributed by atoms with Crippen LogP contribution in [0.5, 0.6) is 0 Å². The lowest BCUT2D eigenvalue weighted by molar-refractivity contribution is -0.123. The number of amides is 1. The molecule has 92 valence electrons. The molecule has 17 heavy (non-hydrogen) atoms. The van der Waals surface area contributed by atoms with E-state index in [0.717, 1.165) is 24.9 Å². The summed E-state index contributed by atoms with van der Waals surface area (Å²) in [5.74, 6) is 0.0879. The molecule has 1 aromatic rings. The number of rotatable bonds is 3. The number of carbonyl (C=O) groups is 1. The van der Waals surface area contributed by atoms with Crippen molar-refractivity contribution in [1.29, 1.82) is 0 Å². The molecule has 0 radical (unpaired) electrons. The van der Waals surface area contributed by atoms with Gasteiger partial charge in [0.1, 0.15) is 0 Å². The summed E-state index contributed by atoms with van der Waals surface area (Å²) in [4.78, 5) is 11.9. The molecule has 0 saturated carbocycles. The average Bonchev–Trinajstić information content (AvgIpc) is 2.83. The Balaban J connectivity index is 1.93. The van der Waals surface area contributed by atoms with Gasteiger partial charge in [0, 0.05) is 5.02 Å². The van der Waals surface area contributed by atoms with Gasteiger partial charge in [-0.2, -0.15) is 0 Å². The maximum atomic E-state index is 11.9. The molecule has 1 fully saturated rings. The van der Waals surface area contributed by atoms with E-state index >= 15 is 0 Å². The van der Waals surface area contributed by atoms with Crippen LogP contribution in [-0.4, -0.2) is 18.5 Å². The molecule has 1 heterocycles. The Morgan fingerprint density at radius 1 is 1.47 bits per heavy atom. The van der Waals surface area contributed by atoms with Crippen molar-refractivity contribution in [3.05, 3.63) is 34.9 Å². The van der Waals surface area contributed by atoms with Gasteiger partial charge in [-0.25, -0.2) is 0 Å². The minimum atomic E-state index is -0.0234. The van der Waals surface area contributed by atoms with Crippen LogP contribution >= 0.6 is 11.6 Å². The van der Waals surface area contributed by atoms with E-state index in [1.165, 1.54) is 0 Å². The Bertz CT molecular complexity index is 385. The van der Waals surface area contributed by atoms with Gasteiger partial charge in [0.2, 0.25) is 5.91 Å². The van der Waals surface area contributed by atoms with E-state index in [4.69, 9.17) is 11.6 Å². The summed E-state index contributed by atoms with van der Waals surface area (Å²) >= 11 is 5.83. The van der Waals surface area contributed by atoms with Gasteiger partial charge < -0.3 is 10.6 Å². The van der Waals surface area contributed by atoms with Crippen molar-refractivity contribution in [2.45, 2.75) is 31.8 Å². The van der Waals surface area contributed by atoms with Gasteiger partial charge in [-0.3, -0.25) is 4.79 Å². The first kappa shape index (κ1) is 12.4. The Morgan fingerprint density at radius 3 is 2.76 bits per heavy atom. The minimum Gasteiger partial charge on any atom is -0.348 e. The van der Waals surface area contributed by atoms with Crippen LogP contribution < -0.4 is 10.6 Å². The predicted molar refractivity (Wildman–Crippen MR) is 69.0 cm³/mol. The predicted octanol–water partition coefficient (Wildman–Crippen LogP) is 2.27. The van der Waals surface area contributed by atoms with E-state index in [1.807, 2.05) is 31.2 Å². The molecule has 0 bridgehead atoms. The lowest BCUT2D eigenvalue weighted by atomic mass is 10.1. The molecule has 4 heteroatoms. The van der Waals surface area contributed by atoms with Crippen LogP contribution in [0, 0.1) is 0 Å². The minimum absolute atomic E-state index is 0.0159. The van der Waals surface area contributed by atoms with E-state index in [1.54, 1.807) is 0 Å². The first-order valence-corrected chi connectivity index (χ1v) is 6.34. The summed E-state index contributed by atoms with van der Waals surface area (Å²) in [6.07, 6.45) is 2.01. The highest BCUT2D eigenvalue weighted by Crippen LogP contribution is 2.16. The van der Waals surface area contributed by atoms with Crippen molar-refractivity contribution in [2.75, 3.05) is 6.54 Å². The summed E-state index contributed by atoms with van der Waals surface area (Å²) in [6.45, 7) is 2.92. The van der Waals surface area contributed by atoms with Gasteiger partial charge in [-0.15, -0.1) is 0 Å². The Morgan fingerprint density at radius 2 is 2.18 bits per heavy atom. The average molecular weight is 253 g/mol. The molecule has 1 aliphatic heterocycles. The molecule has 2 N–H and O–H groups in total. The SMILES string of the molecule is C[C@H](NC(=O)[C@@H]1CCCN1)c1ccc(Cl)cc1. The van der Waals surface area contributed by atoms with Crippen LogP contribution in [0.2, 0.25) is 5.02 Å². The van der Waals surface area contributed by atoms with E-state index in [-0.39, 0.29) is 18.0 Å². The normalized spacial score (nSPS) is 21.2. The molecule has 0 unspecified atom stereocenters. The van der Waals surface area contributed by atoms with Gasteiger partial charge >= 0.3 is 0 Å². The number of nitrogens with one attached hydrogen (secondary N) is 2. The topological polar surface area (TPSA) is 41.1 Å². The van der Waals surface area contributed by atoms with Crippen molar-refractivity contribution in [3.8, 4) is 0 Å². The lowest BCUT2D eigenvalue weighted by Gasteiger charge is -2.17. The quantitative estimate of drug-likeness (QED) is 0.867. The van der Waals surface area contributed by atoms with Gasteiger partial charge in [0.05, 0.1) is 12.1 Å². The van der Waals surface area contributed by atoms with Gasteiger partial charge in [0.25, 0.3) is 0 Å². The molecular weight excluding hydrogens is 236 g/mol. The van der Waals surface area contributed by atoms with Crippen LogP contribution in [0.4, 0.5) is 0 Å². The number of benzene rings is 1. The Kier molecular flexibility index (Phi) is 4.02. The maximum absolute atomic E-state index is 11.9. The van der Waals surface area contributed by atoms with Gasteiger partial charge in [-0.1, -0.05) is 23.7 Å². The Labute approximate surface area is 107 Å². The fraction of sp³-hybridized carbons (Fsp3) is 0.462. The van der Waals surface area contributed by atoms with Crippen LogP contribution in [-0.2, 0) is 4.79 Å². The molecule has 0 spiro atoms. The number of halogens is 1. The highest BCUT2D eigenvalue weighted by molar-refractivity contribution is 6.30. The standard InChI is InChI=1S/C13H17ClN2O/c1-9(10-4-6-11(14)7-5-10)16-13(17)12-3-2-8-15-12/h4-7,9,12,15H,2-3,8H2,1H3,(H,16,17)/t9-,12-/m0/s1. The largest absolute Gasteiger partial charge is 0.348 e. The number of hydrogen-bond acceptors (Lipinski definition) is 2. The number of carbonyl (C=O) groups excluding carboxylic acids is 1. The second kappa shape index (κ2) is 5.52. The van der Waals surface area contributed by atoms with Gasteiger partial charge in [0.15, 0.2) is 0 Å². The molecule has 2 rings (SSSR count). The van der Waals surface area contributed by atoms with Crippen LogP contribution in [0.1, 0.15) is 31.4 Å². The monoisotopic (exact) mass is 252 g/mol. The molecule has 1 amide bonds. The van der Waals surface area contributed by atoms with E-state index in [0.29, 0.717) is 5.02 Å². The first-order chi connectivity index (χ1) is 8.16. The molecule has 1 saturated heterocycles. The summed E-state index contributed by atoms with van der Waals surface area (Å²) in [5, 5.41) is 6.91. The zero-order chi connectivity index (χ0) is 12.3. The van der Waals surface area contributed by atoms with Crippen molar-refractivity contribution < 1.29 is 4.79 Å². The smallest absolute Gasteiger partial charge is 0.237 e. The van der Waals surface area contributed by atoms with Gasteiger partial charge in [-0.05, 0) is 44.0 Å². The second-order valence-electron chi connectivity index (χ2n) is 4.43. The van der Waals surface area contributed by atoms with Crippen LogP contribution in [0.3, 0.4) is 0 Å². The third-order valence-electron chi connectivity index (χ3n) is 3.11. The highest BCUT2D eigenvalue weighted by Gasteiger charge is 2.23. The van der Waals surface area contributed by atoms with Crippen molar-refractivity contribution in [1.82, 2.24) is 10.6 Å². The highest BCUT2D eigenvalue weighted by atomic mass is 35.5. The molecular formula is C13H17ClN2O. The van der Waals surface area contributed by atoms with Crippen LogP contribution in [0.15, 0.2) is 24.3 Å². The third-order valence-corrected chi connectivity index (χ3v) is 3.36. The second-order valence-corrected chi connectivity index (χ2v) is 4.87. The third kappa shape index (κ3) is 3.20.